The highest BCUT2D eigenvalue weighted by atomic mass is 19.3. The Morgan fingerprint density at radius 3 is 2.23 bits per heavy atom. The fourth-order valence-electron chi connectivity index (χ4n) is 1.26. The van der Waals surface area contributed by atoms with E-state index in [-0.39, 0.29) is 18.1 Å². The average molecular weight is 186 g/mol. The van der Waals surface area contributed by atoms with Crippen molar-refractivity contribution in [2.45, 2.75) is 19.3 Å². The van der Waals surface area contributed by atoms with Crippen molar-refractivity contribution in [3.05, 3.63) is 35.4 Å². The SMILES string of the molecule is CC(CO)c1ccccc1C(F)F. The van der Waals surface area contributed by atoms with E-state index in [1.54, 1.807) is 25.1 Å². The van der Waals surface area contributed by atoms with Crippen LogP contribution in [0.4, 0.5) is 8.78 Å². The maximum absolute atomic E-state index is 12.4. The summed E-state index contributed by atoms with van der Waals surface area (Å²) in [6, 6.07) is 6.30. The molecule has 0 bridgehead atoms. The van der Waals surface area contributed by atoms with Gasteiger partial charge in [-0.1, -0.05) is 31.2 Å². The second-order valence-corrected chi connectivity index (χ2v) is 3.01. The van der Waals surface area contributed by atoms with Crippen LogP contribution in [0.3, 0.4) is 0 Å². The van der Waals surface area contributed by atoms with Gasteiger partial charge in [-0.15, -0.1) is 0 Å². The predicted octanol–water partition coefficient (Wildman–Crippen LogP) is 2.72. The summed E-state index contributed by atoms with van der Waals surface area (Å²) >= 11 is 0. The molecule has 1 aromatic rings. The fraction of sp³-hybridized carbons (Fsp3) is 0.400. The quantitative estimate of drug-likeness (QED) is 0.769. The van der Waals surface area contributed by atoms with E-state index in [1.165, 1.54) is 6.07 Å². The molecule has 1 aromatic carbocycles. The molecule has 0 aliphatic rings. The summed E-state index contributed by atoms with van der Waals surface area (Å²) in [5.41, 5.74) is 0.545. The van der Waals surface area contributed by atoms with Crippen LogP contribution in [0.5, 0.6) is 0 Å². The van der Waals surface area contributed by atoms with Crippen molar-refractivity contribution in [3.8, 4) is 0 Å². The van der Waals surface area contributed by atoms with Crippen LogP contribution >= 0.6 is 0 Å². The van der Waals surface area contributed by atoms with Gasteiger partial charge in [-0.3, -0.25) is 0 Å². The molecule has 1 N–H and O–H groups in total. The maximum Gasteiger partial charge on any atom is 0.264 e. The maximum atomic E-state index is 12.4. The van der Waals surface area contributed by atoms with Gasteiger partial charge >= 0.3 is 0 Å². The number of benzene rings is 1. The van der Waals surface area contributed by atoms with Crippen molar-refractivity contribution in [1.29, 1.82) is 0 Å². The van der Waals surface area contributed by atoms with Gasteiger partial charge in [0.2, 0.25) is 0 Å². The van der Waals surface area contributed by atoms with Crippen molar-refractivity contribution in [2.24, 2.45) is 0 Å². The van der Waals surface area contributed by atoms with Crippen LogP contribution in [-0.2, 0) is 0 Å². The first kappa shape index (κ1) is 10.1. The third-order valence-corrected chi connectivity index (χ3v) is 2.04. The van der Waals surface area contributed by atoms with E-state index in [0.717, 1.165) is 0 Å². The van der Waals surface area contributed by atoms with Crippen LogP contribution in [0.1, 0.15) is 30.4 Å². The van der Waals surface area contributed by atoms with E-state index in [0.29, 0.717) is 5.56 Å². The van der Waals surface area contributed by atoms with Gasteiger partial charge in [0, 0.05) is 18.1 Å². The van der Waals surface area contributed by atoms with E-state index in [4.69, 9.17) is 5.11 Å². The van der Waals surface area contributed by atoms with Crippen LogP contribution < -0.4 is 0 Å². The molecule has 0 saturated carbocycles. The lowest BCUT2D eigenvalue weighted by Crippen LogP contribution is -2.03. The lowest BCUT2D eigenvalue weighted by Gasteiger charge is -2.13. The molecule has 0 aromatic heterocycles. The normalized spacial score (nSPS) is 13.3. The zero-order valence-corrected chi connectivity index (χ0v) is 7.37. The molecule has 0 fully saturated rings. The minimum absolute atomic E-state index is 0.0176. The molecule has 1 unspecified atom stereocenters. The van der Waals surface area contributed by atoms with Crippen molar-refractivity contribution >= 4 is 0 Å². The van der Waals surface area contributed by atoms with Crippen LogP contribution in [-0.4, -0.2) is 11.7 Å². The van der Waals surface area contributed by atoms with Gasteiger partial charge in [-0.2, -0.15) is 0 Å². The van der Waals surface area contributed by atoms with E-state index in [2.05, 4.69) is 0 Å². The topological polar surface area (TPSA) is 20.2 Å². The smallest absolute Gasteiger partial charge is 0.264 e. The summed E-state index contributed by atoms with van der Waals surface area (Å²) in [6.07, 6.45) is -2.47. The molecule has 1 rings (SSSR count). The Balaban J connectivity index is 3.04. The Kier molecular flexibility index (Phi) is 3.37. The first-order valence-corrected chi connectivity index (χ1v) is 4.14. The number of halogens is 2. The summed E-state index contributed by atoms with van der Waals surface area (Å²) in [4.78, 5) is 0. The molecular weight excluding hydrogens is 174 g/mol. The van der Waals surface area contributed by atoms with Gasteiger partial charge in [-0.05, 0) is 5.56 Å². The minimum atomic E-state index is -2.47. The van der Waals surface area contributed by atoms with Gasteiger partial charge in [0.1, 0.15) is 0 Å². The summed E-state index contributed by atoms with van der Waals surface area (Å²) in [5.74, 6) is -0.231. The van der Waals surface area contributed by atoms with E-state index < -0.39 is 6.43 Å². The van der Waals surface area contributed by atoms with Crippen LogP contribution in [0, 0.1) is 0 Å². The number of rotatable bonds is 3. The van der Waals surface area contributed by atoms with Crippen LogP contribution in [0.15, 0.2) is 24.3 Å². The molecular formula is C10H12F2O. The first-order chi connectivity index (χ1) is 6.16. The molecule has 0 aliphatic heterocycles. The Morgan fingerprint density at radius 2 is 1.77 bits per heavy atom. The molecule has 72 valence electrons. The molecule has 0 amide bonds. The molecule has 0 radical (unpaired) electrons. The predicted molar refractivity (Wildman–Crippen MR) is 46.9 cm³/mol. The Bertz CT molecular complexity index is 273. The molecule has 0 aliphatic carbocycles. The minimum Gasteiger partial charge on any atom is -0.396 e. The van der Waals surface area contributed by atoms with E-state index in [9.17, 15) is 8.78 Å². The fourth-order valence-corrected chi connectivity index (χ4v) is 1.26. The third kappa shape index (κ3) is 2.25. The molecule has 1 nitrogen and oxygen atoms in total. The van der Waals surface area contributed by atoms with Crippen molar-refractivity contribution in [3.63, 3.8) is 0 Å². The van der Waals surface area contributed by atoms with Gasteiger partial charge < -0.3 is 5.11 Å². The van der Waals surface area contributed by atoms with E-state index in [1.807, 2.05) is 0 Å². The largest absolute Gasteiger partial charge is 0.396 e. The Labute approximate surface area is 76.0 Å². The lowest BCUT2D eigenvalue weighted by molar-refractivity contribution is 0.149. The third-order valence-electron chi connectivity index (χ3n) is 2.04. The van der Waals surface area contributed by atoms with Crippen LogP contribution in [0.2, 0.25) is 0 Å². The summed E-state index contributed by atoms with van der Waals surface area (Å²) < 4.78 is 24.9. The highest BCUT2D eigenvalue weighted by molar-refractivity contribution is 5.30. The van der Waals surface area contributed by atoms with Crippen LogP contribution in [0.25, 0.3) is 0 Å². The first-order valence-electron chi connectivity index (χ1n) is 4.14. The van der Waals surface area contributed by atoms with Gasteiger partial charge in [0.05, 0.1) is 0 Å². The van der Waals surface area contributed by atoms with Gasteiger partial charge in [0.15, 0.2) is 0 Å². The van der Waals surface area contributed by atoms with Gasteiger partial charge in [0.25, 0.3) is 6.43 Å². The zero-order chi connectivity index (χ0) is 9.84. The lowest BCUT2D eigenvalue weighted by atomic mass is 9.97. The van der Waals surface area contributed by atoms with Gasteiger partial charge in [-0.25, -0.2) is 8.78 Å². The number of hydrogen-bond donors (Lipinski definition) is 1. The highest BCUT2D eigenvalue weighted by Gasteiger charge is 2.15. The monoisotopic (exact) mass is 186 g/mol. The standard InChI is InChI=1S/C10H12F2O/c1-7(6-13)8-4-2-3-5-9(8)10(11)12/h2-5,7,10,13H,6H2,1H3. The molecule has 13 heavy (non-hydrogen) atoms. The van der Waals surface area contributed by atoms with Crippen molar-refractivity contribution < 1.29 is 13.9 Å². The molecule has 0 heterocycles. The van der Waals surface area contributed by atoms with Crippen molar-refractivity contribution in [2.75, 3.05) is 6.61 Å². The molecule has 0 spiro atoms. The molecule has 3 heteroatoms. The molecule has 1 atom stereocenters. The number of hydrogen-bond acceptors (Lipinski definition) is 1. The number of aliphatic hydroxyl groups is 1. The number of aliphatic hydroxyl groups excluding tert-OH is 1. The molecule has 0 saturated heterocycles. The van der Waals surface area contributed by atoms with E-state index >= 15 is 0 Å². The average Bonchev–Trinajstić information content (AvgIpc) is 2.16. The summed E-state index contributed by atoms with van der Waals surface area (Å²) in [6.45, 7) is 1.62. The highest BCUT2D eigenvalue weighted by Crippen LogP contribution is 2.27. The Morgan fingerprint density at radius 1 is 1.23 bits per heavy atom. The second-order valence-electron chi connectivity index (χ2n) is 3.01. The summed E-state index contributed by atoms with van der Waals surface area (Å²) in [7, 11) is 0. The zero-order valence-electron chi connectivity index (χ0n) is 7.37. The Hall–Kier alpha value is -0.960. The number of alkyl halides is 2. The van der Waals surface area contributed by atoms with Crippen molar-refractivity contribution in [1.82, 2.24) is 0 Å². The second kappa shape index (κ2) is 4.33. The summed E-state index contributed by atoms with van der Waals surface area (Å²) in [5, 5.41) is 8.85.